The van der Waals surface area contributed by atoms with Crippen molar-refractivity contribution in [2.75, 3.05) is 19.0 Å². The van der Waals surface area contributed by atoms with Crippen LogP contribution in [-0.4, -0.2) is 35.2 Å². The van der Waals surface area contributed by atoms with Crippen LogP contribution in [0.5, 0.6) is 0 Å². The zero-order valence-corrected chi connectivity index (χ0v) is 9.28. The van der Waals surface area contributed by atoms with Crippen LogP contribution in [0.25, 0.3) is 0 Å². The molecular formula is C11H13N5. The van der Waals surface area contributed by atoms with Gasteiger partial charge in [-0.25, -0.2) is 4.68 Å². The topological polar surface area (TPSA) is 46.3 Å². The van der Waals surface area contributed by atoms with Gasteiger partial charge >= 0.3 is 0 Å². The summed E-state index contributed by atoms with van der Waals surface area (Å²) in [5, 5.41) is 11.5. The normalized spacial score (nSPS) is 10.9. The molecule has 1 heterocycles. The summed E-state index contributed by atoms with van der Waals surface area (Å²) in [5.74, 6) is 0. The van der Waals surface area contributed by atoms with Crippen molar-refractivity contribution in [2.24, 2.45) is 5.10 Å². The van der Waals surface area contributed by atoms with Crippen molar-refractivity contribution in [1.29, 1.82) is 0 Å². The summed E-state index contributed by atoms with van der Waals surface area (Å²) in [5.41, 5.74) is 2.21. The molecule has 0 atom stereocenters. The van der Waals surface area contributed by atoms with Crippen LogP contribution in [0.3, 0.4) is 0 Å². The van der Waals surface area contributed by atoms with Crippen molar-refractivity contribution in [3.05, 3.63) is 42.5 Å². The Balaban J connectivity index is 2.11. The molecule has 0 radical (unpaired) electrons. The van der Waals surface area contributed by atoms with Gasteiger partial charge in [0.25, 0.3) is 0 Å². The van der Waals surface area contributed by atoms with E-state index in [1.807, 2.05) is 38.4 Å². The van der Waals surface area contributed by atoms with E-state index in [4.69, 9.17) is 0 Å². The lowest BCUT2D eigenvalue weighted by molar-refractivity contribution is 0.878. The fourth-order valence-corrected chi connectivity index (χ4v) is 1.25. The Morgan fingerprint density at radius 3 is 2.31 bits per heavy atom. The standard InChI is InChI=1S/C11H13N5/c1-15(2)11-5-3-10(4-6-11)7-14-16-8-12-13-9-16/h3-9H,1-2H3/b14-7+. The molecule has 2 aromatic rings. The first-order chi connectivity index (χ1) is 7.75. The van der Waals surface area contributed by atoms with Gasteiger partial charge in [-0.2, -0.15) is 5.10 Å². The van der Waals surface area contributed by atoms with Gasteiger partial charge in [0, 0.05) is 19.8 Å². The Labute approximate surface area is 94.0 Å². The largest absolute Gasteiger partial charge is 0.378 e. The van der Waals surface area contributed by atoms with E-state index >= 15 is 0 Å². The number of hydrogen-bond acceptors (Lipinski definition) is 4. The summed E-state index contributed by atoms with van der Waals surface area (Å²) in [6.45, 7) is 0. The van der Waals surface area contributed by atoms with Gasteiger partial charge < -0.3 is 4.90 Å². The van der Waals surface area contributed by atoms with E-state index in [2.05, 4.69) is 20.2 Å². The second kappa shape index (κ2) is 4.57. The minimum absolute atomic E-state index is 1.04. The predicted octanol–water partition coefficient (Wildman–Crippen LogP) is 1.23. The van der Waals surface area contributed by atoms with Gasteiger partial charge in [-0.1, -0.05) is 12.1 Å². The van der Waals surface area contributed by atoms with Crippen LogP contribution in [0, 0.1) is 0 Å². The molecule has 0 spiro atoms. The fraction of sp³-hybridized carbons (Fsp3) is 0.182. The van der Waals surface area contributed by atoms with Crippen LogP contribution in [0.4, 0.5) is 5.69 Å². The molecule has 0 aliphatic heterocycles. The van der Waals surface area contributed by atoms with E-state index < -0.39 is 0 Å². The smallest absolute Gasteiger partial charge is 0.141 e. The first-order valence-electron chi connectivity index (χ1n) is 4.92. The number of anilines is 1. The quantitative estimate of drug-likeness (QED) is 0.723. The zero-order chi connectivity index (χ0) is 11.4. The molecule has 0 aliphatic rings. The molecule has 0 fully saturated rings. The van der Waals surface area contributed by atoms with Crippen LogP contribution in [0.15, 0.2) is 42.0 Å². The Kier molecular flexibility index (Phi) is 2.95. The van der Waals surface area contributed by atoms with E-state index in [1.54, 1.807) is 23.5 Å². The lowest BCUT2D eigenvalue weighted by Crippen LogP contribution is -2.08. The van der Waals surface area contributed by atoms with Gasteiger partial charge in [-0.15, -0.1) is 10.2 Å². The summed E-state index contributed by atoms with van der Waals surface area (Å²) < 4.78 is 1.56. The molecule has 0 saturated carbocycles. The lowest BCUT2D eigenvalue weighted by Gasteiger charge is -2.11. The number of benzene rings is 1. The summed E-state index contributed by atoms with van der Waals surface area (Å²) in [4.78, 5) is 2.06. The first-order valence-corrected chi connectivity index (χ1v) is 4.92. The molecule has 16 heavy (non-hydrogen) atoms. The Bertz CT molecular complexity index is 456. The van der Waals surface area contributed by atoms with Gasteiger partial charge in [-0.3, -0.25) is 0 Å². The molecule has 0 aliphatic carbocycles. The summed E-state index contributed by atoms with van der Waals surface area (Å²) in [7, 11) is 4.03. The molecule has 5 nitrogen and oxygen atoms in total. The van der Waals surface area contributed by atoms with E-state index in [1.165, 1.54) is 5.69 Å². The highest BCUT2D eigenvalue weighted by molar-refractivity contribution is 5.80. The minimum atomic E-state index is 1.04. The highest BCUT2D eigenvalue weighted by Crippen LogP contribution is 2.10. The second-order valence-electron chi connectivity index (χ2n) is 3.57. The maximum atomic E-state index is 4.16. The Morgan fingerprint density at radius 1 is 1.12 bits per heavy atom. The third-order valence-electron chi connectivity index (χ3n) is 2.16. The average Bonchev–Trinajstić information content (AvgIpc) is 2.80. The predicted molar refractivity (Wildman–Crippen MR) is 63.8 cm³/mol. The van der Waals surface area contributed by atoms with E-state index in [0.717, 1.165) is 5.56 Å². The van der Waals surface area contributed by atoms with Crippen LogP contribution >= 0.6 is 0 Å². The van der Waals surface area contributed by atoms with Gasteiger partial charge in [0.15, 0.2) is 0 Å². The fourth-order valence-electron chi connectivity index (χ4n) is 1.25. The third-order valence-corrected chi connectivity index (χ3v) is 2.16. The van der Waals surface area contributed by atoms with Gasteiger partial charge in [0.05, 0.1) is 6.21 Å². The monoisotopic (exact) mass is 215 g/mol. The highest BCUT2D eigenvalue weighted by atomic mass is 15.4. The van der Waals surface area contributed by atoms with Crippen LogP contribution < -0.4 is 4.90 Å². The third kappa shape index (κ3) is 2.44. The molecule has 0 bridgehead atoms. The summed E-state index contributed by atoms with van der Waals surface area (Å²) in [6.07, 6.45) is 4.86. The maximum absolute atomic E-state index is 4.16. The van der Waals surface area contributed by atoms with Crippen molar-refractivity contribution < 1.29 is 0 Å². The molecule has 0 unspecified atom stereocenters. The number of hydrogen-bond donors (Lipinski definition) is 0. The van der Waals surface area contributed by atoms with Crippen molar-refractivity contribution >= 4 is 11.9 Å². The molecule has 0 amide bonds. The Morgan fingerprint density at radius 2 is 1.75 bits per heavy atom. The highest BCUT2D eigenvalue weighted by Gasteiger charge is 1.93. The van der Waals surface area contributed by atoms with E-state index in [-0.39, 0.29) is 0 Å². The molecule has 1 aromatic heterocycles. The molecule has 1 aromatic carbocycles. The maximum Gasteiger partial charge on any atom is 0.141 e. The molecule has 2 rings (SSSR count). The van der Waals surface area contributed by atoms with Crippen LogP contribution in [0.1, 0.15) is 5.56 Å². The molecule has 0 saturated heterocycles. The van der Waals surface area contributed by atoms with Crippen molar-refractivity contribution in [3.63, 3.8) is 0 Å². The summed E-state index contributed by atoms with van der Waals surface area (Å²) in [6, 6.07) is 8.13. The second-order valence-corrected chi connectivity index (χ2v) is 3.57. The molecule has 5 heteroatoms. The molecule has 0 N–H and O–H groups in total. The lowest BCUT2D eigenvalue weighted by atomic mass is 10.2. The van der Waals surface area contributed by atoms with E-state index in [0.29, 0.717) is 0 Å². The van der Waals surface area contributed by atoms with E-state index in [9.17, 15) is 0 Å². The van der Waals surface area contributed by atoms with Gasteiger partial charge in [0.2, 0.25) is 0 Å². The first kappa shape index (κ1) is 10.4. The SMILES string of the molecule is CN(C)c1ccc(/C=N/n2cnnc2)cc1. The van der Waals surface area contributed by atoms with Crippen molar-refractivity contribution in [1.82, 2.24) is 14.9 Å². The summed E-state index contributed by atoms with van der Waals surface area (Å²) >= 11 is 0. The van der Waals surface area contributed by atoms with Gasteiger partial charge in [0.1, 0.15) is 12.7 Å². The zero-order valence-electron chi connectivity index (χ0n) is 9.28. The number of aromatic nitrogens is 3. The van der Waals surface area contributed by atoms with Crippen LogP contribution in [0.2, 0.25) is 0 Å². The van der Waals surface area contributed by atoms with Crippen LogP contribution in [-0.2, 0) is 0 Å². The number of nitrogens with zero attached hydrogens (tertiary/aromatic N) is 5. The average molecular weight is 215 g/mol. The van der Waals surface area contributed by atoms with Crippen molar-refractivity contribution in [2.45, 2.75) is 0 Å². The Hall–Kier alpha value is -2.17. The van der Waals surface area contributed by atoms with Crippen molar-refractivity contribution in [3.8, 4) is 0 Å². The minimum Gasteiger partial charge on any atom is -0.378 e. The molecular weight excluding hydrogens is 202 g/mol. The van der Waals surface area contributed by atoms with Gasteiger partial charge in [-0.05, 0) is 17.7 Å². The molecule has 82 valence electrons. The number of rotatable bonds is 3.